The van der Waals surface area contributed by atoms with Crippen molar-refractivity contribution in [2.24, 2.45) is 0 Å². The highest BCUT2D eigenvalue weighted by atomic mass is 79.9. The maximum Gasteiger partial charge on any atom is 0.136 e. The molecule has 1 aromatic heterocycles. The summed E-state index contributed by atoms with van der Waals surface area (Å²) in [5, 5.41) is 4.56. The molecular weight excluding hydrogens is 318 g/mol. The van der Waals surface area contributed by atoms with E-state index >= 15 is 0 Å². The number of aryl methyl sites for hydroxylation is 2. The van der Waals surface area contributed by atoms with Crippen molar-refractivity contribution in [3.05, 3.63) is 39.5 Å². The fourth-order valence-electron chi connectivity index (χ4n) is 2.87. The van der Waals surface area contributed by atoms with E-state index in [-0.39, 0.29) is 0 Å². The van der Waals surface area contributed by atoms with Gasteiger partial charge in [0.05, 0.1) is 23.3 Å². The monoisotopic (exact) mass is 335 g/mol. The van der Waals surface area contributed by atoms with Crippen molar-refractivity contribution in [2.75, 3.05) is 12.8 Å². The van der Waals surface area contributed by atoms with Gasteiger partial charge < -0.3 is 10.5 Å². The van der Waals surface area contributed by atoms with Crippen LogP contribution in [0.15, 0.2) is 22.7 Å². The molecule has 0 amide bonds. The first-order chi connectivity index (χ1) is 9.60. The molecule has 20 heavy (non-hydrogen) atoms. The second kappa shape index (κ2) is 5.13. The SMILES string of the molecule is COc1ccc2c(c1)CC(n1nc(C)c(Br)c1N)CC2. The van der Waals surface area contributed by atoms with Crippen molar-refractivity contribution in [3.8, 4) is 5.75 Å². The third-order valence-electron chi connectivity index (χ3n) is 4.01. The number of aromatic nitrogens is 2. The largest absolute Gasteiger partial charge is 0.497 e. The van der Waals surface area contributed by atoms with Crippen molar-refractivity contribution < 1.29 is 4.74 Å². The van der Waals surface area contributed by atoms with Gasteiger partial charge in [0.15, 0.2) is 0 Å². The molecule has 0 aliphatic heterocycles. The molecule has 106 valence electrons. The van der Waals surface area contributed by atoms with E-state index in [4.69, 9.17) is 10.5 Å². The lowest BCUT2D eigenvalue weighted by atomic mass is 9.88. The molecule has 1 atom stereocenters. The van der Waals surface area contributed by atoms with Gasteiger partial charge in [0.1, 0.15) is 11.6 Å². The number of nitrogens with two attached hydrogens (primary N) is 1. The number of rotatable bonds is 2. The number of methoxy groups -OCH3 is 1. The van der Waals surface area contributed by atoms with Crippen molar-refractivity contribution in [1.82, 2.24) is 9.78 Å². The third-order valence-corrected chi connectivity index (χ3v) is 4.99. The highest BCUT2D eigenvalue weighted by Crippen LogP contribution is 2.34. The Kier molecular flexibility index (Phi) is 3.46. The molecule has 5 heteroatoms. The smallest absolute Gasteiger partial charge is 0.136 e. The first kappa shape index (κ1) is 13.5. The number of benzene rings is 1. The van der Waals surface area contributed by atoms with Gasteiger partial charge in [0.25, 0.3) is 0 Å². The van der Waals surface area contributed by atoms with Crippen molar-refractivity contribution in [3.63, 3.8) is 0 Å². The normalized spacial score (nSPS) is 17.9. The molecule has 3 rings (SSSR count). The minimum Gasteiger partial charge on any atom is -0.497 e. The van der Waals surface area contributed by atoms with Gasteiger partial charge in [-0.2, -0.15) is 5.10 Å². The van der Waals surface area contributed by atoms with Gasteiger partial charge >= 0.3 is 0 Å². The predicted octanol–water partition coefficient (Wildman–Crippen LogP) is 3.27. The van der Waals surface area contributed by atoms with Crippen molar-refractivity contribution >= 4 is 21.7 Å². The summed E-state index contributed by atoms with van der Waals surface area (Å²) in [6.45, 7) is 1.97. The first-order valence-electron chi connectivity index (χ1n) is 6.76. The predicted molar refractivity (Wildman–Crippen MR) is 83.1 cm³/mol. The van der Waals surface area contributed by atoms with Crippen LogP contribution in [0.4, 0.5) is 5.82 Å². The van der Waals surface area contributed by atoms with E-state index in [0.717, 1.165) is 41.0 Å². The minimum absolute atomic E-state index is 0.319. The third kappa shape index (κ3) is 2.20. The fourth-order valence-corrected chi connectivity index (χ4v) is 3.13. The molecule has 4 nitrogen and oxygen atoms in total. The summed E-state index contributed by atoms with van der Waals surface area (Å²) < 4.78 is 8.18. The summed E-state index contributed by atoms with van der Waals surface area (Å²) >= 11 is 3.49. The quantitative estimate of drug-likeness (QED) is 0.916. The maximum absolute atomic E-state index is 6.14. The molecule has 0 fully saturated rings. The number of nitrogens with zero attached hydrogens (tertiary/aromatic N) is 2. The molecule has 1 aliphatic rings. The van der Waals surface area contributed by atoms with Crippen LogP contribution in [-0.2, 0) is 12.8 Å². The first-order valence-corrected chi connectivity index (χ1v) is 7.55. The van der Waals surface area contributed by atoms with Crippen LogP contribution < -0.4 is 10.5 Å². The Morgan fingerprint density at radius 1 is 1.40 bits per heavy atom. The number of nitrogen functional groups attached to an aromatic ring is 1. The van der Waals surface area contributed by atoms with Gasteiger partial charge in [0.2, 0.25) is 0 Å². The lowest BCUT2D eigenvalue weighted by Crippen LogP contribution is -2.21. The topological polar surface area (TPSA) is 53.1 Å². The minimum atomic E-state index is 0.319. The molecule has 0 radical (unpaired) electrons. The molecule has 2 N–H and O–H groups in total. The molecular formula is C15H18BrN3O. The van der Waals surface area contributed by atoms with E-state index < -0.39 is 0 Å². The summed E-state index contributed by atoms with van der Waals surface area (Å²) in [7, 11) is 1.70. The van der Waals surface area contributed by atoms with Crippen LogP contribution >= 0.6 is 15.9 Å². The molecule has 1 unspecified atom stereocenters. The Morgan fingerprint density at radius 2 is 2.20 bits per heavy atom. The van der Waals surface area contributed by atoms with Gasteiger partial charge in [0, 0.05) is 0 Å². The number of hydrogen-bond donors (Lipinski definition) is 1. The number of ether oxygens (including phenoxy) is 1. The van der Waals surface area contributed by atoms with Gasteiger partial charge in [-0.25, -0.2) is 4.68 Å². The Labute approximate surface area is 127 Å². The van der Waals surface area contributed by atoms with Crippen LogP contribution in [0.25, 0.3) is 0 Å². The van der Waals surface area contributed by atoms with Gasteiger partial charge in [-0.3, -0.25) is 0 Å². The fraction of sp³-hybridized carbons (Fsp3) is 0.400. The molecule has 1 aliphatic carbocycles. The average Bonchev–Trinajstić information content (AvgIpc) is 2.73. The molecule has 1 heterocycles. The van der Waals surface area contributed by atoms with Crippen LogP contribution in [0.2, 0.25) is 0 Å². The molecule has 1 aromatic carbocycles. The van der Waals surface area contributed by atoms with Crippen LogP contribution in [0, 0.1) is 6.92 Å². The number of halogens is 1. The second-order valence-electron chi connectivity index (χ2n) is 5.26. The standard InChI is InChI=1S/C15H18BrN3O/c1-9-14(16)15(17)19(18-9)12-5-3-10-4-6-13(20-2)8-11(10)7-12/h4,6,8,12H,3,5,7,17H2,1-2H3. The van der Waals surface area contributed by atoms with E-state index in [2.05, 4.69) is 33.2 Å². The summed E-state index contributed by atoms with van der Waals surface area (Å²) in [6.07, 6.45) is 3.07. The van der Waals surface area contributed by atoms with Gasteiger partial charge in [-0.15, -0.1) is 0 Å². The maximum atomic E-state index is 6.14. The Morgan fingerprint density at radius 3 is 2.85 bits per heavy atom. The number of fused-ring (bicyclic) bond motifs is 1. The van der Waals surface area contributed by atoms with Crippen LogP contribution in [0.3, 0.4) is 0 Å². The molecule has 0 spiro atoms. The summed E-state index contributed by atoms with van der Waals surface area (Å²) in [5.74, 6) is 1.63. The zero-order valence-electron chi connectivity index (χ0n) is 11.7. The number of hydrogen-bond acceptors (Lipinski definition) is 3. The van der Waals surface area contributed by atoms with Crippen molar-refractivity contribution in [1.29, 1.82) is 0 Å². The van der Waals surface area contributed by atoms with Gasteiger partial charge in [-0.05, 0) is 65.4 Å². The highest BCUT2D eigenvalue weighted by Gasteiger charge is 2.24. The van der Waals surface area contributed by atoms with Gasteiger partial charge in [-0.1, -0.05) is 6.07 Å². The molecule has 0 saturated carbocycles. The van der Waals surface area contributed by atoms with Crippen LogP contribution in [-0.4, -0.2) is 16.9 Å². The molecule has 0 saturated heterocycles. The lowest BCUT2D eigenvalue weighted by molar-refractivity contribution is 0.398. The lowest BCUT2D eigenvalue weighted by Gasteiger charge is -2.26. The Hall–Kier alpha value is -1.49. The van der Waals surface area contributed by atoms with Crippen molar-refractivity contribution in [2.45, 2.75) is 32.2 Å². The summed E-state index contributed by atoms with van der Waals surface area (Å²) in [4.78, 5) is 0. The number of anilines is 1. The van der Waals surface area contributed by atoms with Crippen LogP contribution in [0.1, 0.15) is 29.3 Å². The summed E-state index contributed by atoms with van der Waals surface area (Å²) in [5.41, 5.74) is 9.83. The van der Waals surface area contributed by atoms with E-state index in [1.165, 1.54) is 11.1 Å². The van der Waals surface area contributed by atoms with E-state index in [0.29, 0.717) is 6.04 Å². The zero-order chi connectivity index (χ0) is 14.3. The van der Waals surface area contributed by atoms with E-state index in [1.807, 2.05) is 17.7 Å². The molecule has 2 aromatic rings. The summed E-state index contributed by atoms with van der Waals surface area (Å²) in [6, 6.07) is 6.64. The zero-order valence-corrected chi connectivity index (χ0v) is 13.3. The van der Waals surface area contributed by atoms with E-state index in [9.17, 15) is 0 Å². The Balaban J connectivity index is 1.93. The van der Waals surface area contributed by atoms with E-state index in [1.54, 1.807) is 7.11 Å². The Bertz CT molecular complexity index is 651. The highest BCUT2D eigenvalue weighted by molar-refractivity contribution is 9.10. The van der Waals surface area contributed by atoms with Crippen LogP contribution in [0.5, 0.6) is 5.75 Å². The molecule has 0 bridgehead atoms. The second-order valence-corrected chi connectivity index (χ2v) is 6.05. The average molecular weight is 336 g/mol.